The molecule has 1 heterocycles. The predicted molar refractivity (Wildman–Crippen MR) is 230 cm³/mol. The molecule has 0 fully saturated rings. The summed E-state index contributed by atoms with van der Waals surface area (Å²) in [7, 11) is 0. The van der Waals surface area contributed by atoms with Crippen LogP contribution in [0.4, 0.5) is 17.1 Å². The lowest BCUT2D eigenvalue weighted by Crippen LogP contribution is -2.11. The molecule has 1 aliphatic rings. The molecule has 0 saturated heterocycles. The fourth-order valence-corrected chi connectivity index (χ4v) is 8.84. The Kier molecular flexibility index (Phi) is 7.28. The van der Waals surface area contributed by atoms with Crippen LogP contribution in [0, 0.1) is 0 Å². The van der Waals surface area contributed by atoms with Crippen molar-refractivity contribution in [1.29, 1.82) is 0 Å². The molecule has 0 spiro atoms. The summed E-state index contributed by atoms with van der Waals surface area (Å²) in [5.41, 5.74) is 16.4. The number of anilines is 3. The first-order valence-corrected chi connectivity index (χ1v) is 19.0. The Balaban J connectivity index is 1.10. The van der Waals surface area contributed by atoms with Crippen LogP contribution in [0.15, 0.2) is 211 Å². The monoisotopic (exact) mass is 701 g/mol. The third kappa shape index (κ3) is 5.18. The van der Waals surface area contributed by atoms with Gasteiger partial charge in [-0.1, -0.05) is 158 Å². The van der Waals surface area contributed by atoms with Gasteiger partial charge in [-0.25, -0.2) is 0 Å². The Morgan fingerprint density at radius 2 is 1.00 bits per heavy atom. The van der Waals surface area contributed by atoms with E-state index in [4.69, 9.17) is 4.42 Å². The lowest BCUT2D eigenvalue weighted by atomic mass is 9.89. The highest BCUT2D eigenvalue weighted by molar-refractivity contribution is 6.07. The molecule has 0 N–H and O–H groups in total. The lowest BCUT2D eigenvalue weighted by Gasteiger charge is -2.29. The van der Waals surface area contributed by atoms with Crippen LogP contribution >= 0.6 is 0 Å². The van der Waals surface area contributed by atoms with E-state index in [0.717, 1.165) is 50.1 Å². The van der Waals surface area contributed by atoms with Gasteiger partial charge in [0.05, 0.1) is 5.69 Å². The van der Waals surface area contributed by atoms with Gasteiger partial charge in [-0.05, 0) is 104 Å². The van der Waals surface area contributed by atoms with Crippen molar-refractivity contribution in [2.45, 2.75) is 5.92 Å². The maximum absolute atomic E-state index is 6.24. The van der Waals surface area contributed by atoms with Crippen LogP contribution < -0.4 is 4.90 Å². The van der Waals surface area contributed by atoms with Crippen LogP contribution in [0.3, 0.4) is 0 Å². The Hall–Kier alpha value is -7.16. The summed E-state index contributed by atoms with van der Waals surface area (Å²) in [6.07, 6.45) is 0. The highest BCUT2D eigenvalue weighted by Gasteiger charge is 2.31. The number of hydrogen-bond donors (Lipinski definition) is 0. The molecule has 1 aliphatic carbocycles. The third-order valence-electron chi connectivity index (χ3n) is 11.4. The van der Waals surface area contributed by atoms with Gasteiger partial charge in [0, 0.05) is 33.6 Å². The SMILES string of the molecule is c1ccc(C2c3ccccc3-c3cc(N(c4ccc(-c5cccc6ccccc56)cc4)c4ccccc4-c4ccc5oc6ccccc6c5c4)ccc32)cc1. The summed E-state index contributed by atoms with van der Waals surface area (Å²) in [4.78, 5) is 2.43. The van der Waals surface area contributed by atoms with E-state index >= 15 is 0 Å². The number of fused-ring (bicyclic) bond motifs is 7. The smallest absolute Gasteiger partial charge is 0.135 e. The Morgan fingerprint density at radius 1 is 0.364 bits per heavy atom. The van der Waals surface area contributed by atoms with Gasteiger partial charge in [-0.2, -0.15) is 0 Å². The molecule has 0 aliphatic heterocycles. The average Bonchev–Trinajstić information content (AvgIpc) is 3.79. The van der Waals surface area contributed by atoms with Crippen molar-refractivity contribution in [3.8, 4) is 33.4 Å². The van der Waals surface area contributed by atoms with Crippen molar-refractivity contribution in [3.05, 3.63) is 223 Å². The number of rotatable bonds is 6. The van der Waals surface area contributed by atoms with Crippen molar-refractivity contribution in [2.24, 2.45) is 0 Å². The molecule has 10 aromatic rings. The number of hydrogen-bond acceptors (Lipinski definition) is 2. The van der Waals surface area contributed by atoms with Gasteiger partial charge in [-0.15, -0.1) is 0 Å². The molecule has 2 heteroatoms. The molecule has 1 aromatic heterocycles. The minimum atomic E-state index is 0.193. The molecule has 55 heavy (non-hydrogen) atoms. The first-order chi connectivity index (χ1) is 27.3. The van der Waals surface area contributed by atoms with E-state index in [9.17, 15) is 0 Å². The van der Waals surface area contributed by atoms with Crippen molar-refractivity contribution in [1.82, 2.24) is 0 Å². The Morgan fingerprint density at radius 3 is 1.89 bits per heavy atom. The van der Waals surface area contributed by atoms with Crippen LogP contribution in [0.1, 0.15) is 22.6 Å². The molecule has 11 rings (SSSR count). The van der Waals surface area contributed by atoms with Crippen LogP contribution in [-0.2, 0) is 0 Å². The maximum atomic E-state index is 6.24. The summed E-state index contributed by atoms with van der Waals surface area (Å²) in [5, 5.41) is 4.75. The fourth-order valence-electron chi connectivity index (χ4n) is 8.84. The molecule has 0 bridgehead atoms. The van der Waals surface area contributed by atoms with Gasteiger partial charge in [0.2, 0.25) is 0 Å². The van der Waals surface area contributed by atoms with Gasteiger partial charge in [0.25, 0.3) is 0 Å². The second-order valence-corrected chi connectivity index (χ2v) is 14.4. The molecule has 0 amide bonds. The zero-order valence-corrected chi connectivity index (χ0v) is 30.1. The van der Waals surface area contributed by atoms with Crippen molar-refractivity contribution in [3.63, 3.8) is 0 Å². The average molecular weight is 702 g/mol. The minimum Gasteiger partial charge on any atom is -0.456 e. The first kappa shape index (κ1) is 31.4. The third-order valence-corrected chi connectivity index (χ3v) is 11.4. The molecular formula is C53H35NO. The van der Waals surface area contributed by atoms with Gasteiger partial charge >= 0.3 is 0 Å². The molecule has 1 atom stereocenters. The van der Waals surface area contributed by atoms with Crippen LogP contribution in [0.2, 0.25) is 0 Å². The van der Waals surface area contributed by atoms with Crippen molar-refractivity contribution in [2.75, 3.05) is 4.90 Å². The quantitative estimate of drug-likeness (QED) is 0.172. The normalized spacial score (nSPS) is 13.3. The minimum absolute atomic E-state index is 0.193. The van der Waals surface area contributed by atoms with E-state index in [1.165, 1.54) is 49.7 Å². The number of benzene rings is 9. The summed E-state index contributed by atoms with van der Waals surface area (Å²) in [6, 6.07) is 74.8. The Bertz CT molecular complexity index is 3040. The van der Waals surface area contributed by atoms with E-state index in [1.54, 1.807) is 0 Å². The number of nitrogens with zero attached hydrogens (tertiary/aromatic N) is 1. The van der Waals surface area contributed by atoms with Gasteiger partial charge in [0.15, 0.2) is 0 Å². The van der Waals surface area contributed by atoms with Gasteiger partial charge < -0.3 is 9.32 Å². The van der Waals surface area contributed by atoms with E-state index < -0.39 is 0 Å². The summed E-state index contributed by atoms with van der Waals surface area (Å²) in [5.74, 6) is 0.193. The van der Waals surface area contributed by atoms with Gasteiger partial charge in [-0.3, -0.25) is 0 Å². The predicted octanol–water partition coefficient (Wildman–Crippen LogP) is 14.7. The largest absolute Gasteiger partial charge is 0.456 e. The number of furan rings is 1. The molecule has 258 valence electrons. The zero-order chi connectivity index (χ0) is 36.3. The topological polar surface area (TPSA) is 16.4 Å². The van der Waals surface area contributed by atoms with E-state index in [-0.39, 0.29) is 5.92 Å². The Labute approximate surface area is 320 Å². The van der Waals surface area contributed by atoms with Gasteiger partial charge in [0.1, 0.15) is 11.2 Å². The zero-order valence-electron chi connectivity index (χ0n) is 30.1. The highest BCUT2D eigenvalue weighted by atomic mass is 16.3. The summed E-state index contributed by atoms with van der Waals surface area (Å²) < 4.78 is 6.24. The van der Waals surface area contributed by atoms with Crippen LogP contribution in [0.25, 0.3) is 66.1 Å². The molecular weight excluding hydrogens is 667 g/mol. The molecule has 0 radical (unpaired) electrons. The fraction of sp³-hybridized carbons (Fsp3) is 0.0189. The second-order valence-electron chi connectivity index (χ2n) is 14.4. The van der Waals surface area contributed by atoms with E-state index in [2.05, 4.69) is 199 Å². The molecule has 2 nitrogen and oxygen atoms in total. The molecule has 9 aromatic carbocycles. The lowest BCUT2D eigenvalue weighted by molar-refractivity contribution is 0.669. The first-order valence-electron chi connectivity index (χ1n) is 19.0. The van der Waals surface area contributed by atoms with Crippen LogP contribution in [0.5, 0.6) is 0 Å². The van der Waals surface area contributed by atoms with E-state index in [1.807, 2.05) is 12.1 Å². The van der Waals surface area contributed by atoms with E-state index in [0.29, 0.717) is 0 Å². The summed E-state index contributed by atoms with van der Waals surface area (Å²) >= 11 is 0. The van der Waals surface area contributed by atoms with Crippen molar-refractivity contribution < 1.29 is 4.42 Å². The molecule has 0 saturated carbocycles. The van der Waals surface area contributed by atoms with Crippen LogP contribution in [-0.4, -0.2) is 0 Å². The maximum Gasteiger partial charge on any atom is 0.135 e. The standard InChI is InChI=1S/C53H35NO/c1-2-14-37(15-3-1)53-46-21-7-6-19-44(46)48-34-40(30-31-47(48)53)54(39-28-25-36(26-29-39)42-22-12-16-35-13-4-5-17-41(35)42)50-23-10-8-18-43(50)38-27-32-52-49(33-38)45-20-9-11-24-51(45)55-52/h1-34,53H. The molecule has 1 unspecified atom stereocenters. The van der Waals surface area contributed by atoms with Crippen molar-refractivity contribution >= 4 is 49.8 Å². The number of para-hydroxylation sites is 2. The summed E-state index contributed by atoms with van der Waals surface area (Å²) in [6.45, 7) is 0. The second kappa shape index (κ2) is 12.8. The highest BCUT2D eigenvalue weighted by Crippen LogP contribution is 2.51.